The number of halogens is 1. The number of fused-ring (bicyclic) bond motifs is 2. The first-order valence-electron chi connectivity index (χ1n) is 26.2. The van der Waals surface area contributed by atoms with Crippen LogP contribution in [0.5, 0.6) is 17.2 Å². The summed E-state index contributed by atoms with van der Waals surface area (Å²) in [5.74, 6) is -1.02. The smallest absolute Gasteiger partial charge is 0.410 e. The number of aliphatic hydroxyl groups excluding tert-OH is 2. The summed E-state index contributed by atoms with van der Waals surface area (Å²) in [5, 5.41) is 25.2. The average molecular weight is 1020 g/mol. The Morgan fingerprint density at radius 1 is 0.747 bits per heavy atom. The number of unbranched alkanes of at least 4 members (excludes halogenated alkanes) is 2. The Morgan fingerprint density at radius 3 is 2.09 bits per heavy atom. The zero-order valence-corrected chi connectivity index (χ0v) is 42.4. The van der Waals surface area contributed by atoms with Crippen LogP contribution in [0.25, 0.3) is 11.1 Å². The summed E-state index contributed by atoms with van der Waals surface area (Å²) < 4.78 is 48.0. The zero-order chi connectivity index (χ0) is 51.8. The highest BCUT2D eigenvalue weighted by molar-refractivity contribution is 6.03. The van der Waals surface area contributed by atoms with Crippen LogP contribution in [-0.2, 0) is 38.8 Å². The van der Waals surface area contributed by atoms with Crippen molar-refractivity contribution in [1.29, 1.82) is 0 Å². The molecule has 9 rings (SSSR count). The number of hydrogen-bond acceptors (Lipinski definition) is 10. The van der Waals surface area contributed by atoms with E-state index in [1.54, 1.807) is 23.1 Å². The SMILES string of the molecule is C=CCO[C@@]12Oc3ccc(Oc4ccc(-c5ccccc5)cc4)cc3[C@H]3[C@H](CCCCO)[C@@H](CCCCO)C=C(C(=NOCc4ccccc4)C[C@@H]1N(Cc1ccc(F)cc1)C(=O)OCCOCc1ccccc1)[C@H]32. The van der Waals surface area contributed by atoms with Crippen LogP contribution >= 0.6 is 0 Å². The van der Waals surface area contributed by atoms with Crippen molar-refractivity contribution in [2.45, 2.75) is 82.5 Å². The maximum atomic E-state index is 15.1. The van der Waals surface area contributed by atoms with Crippen LogP contribution in [0.2, 0.25) is 0 Å². The number of hydrogen-bond donors (Lipinski definition) is 2. The van der Waals surface area contributed by atoms with E-state index in [9.17, 15) is 14.6 Å². The first-order valence-corrected chi connectivity index (χ1v) is 26.2. The minimum atomic E-state index is -1.57. The first-order chi connectivity index (χ1) is 36.9. The van der Waals surface area contributed by atoms with Crippen LogP contribution in [-0.4, -0.2) is 71.8 Å². The van der Waals surface area contributed by atoms with Crippen LogP contribution < -0.4 is 9.47 Å². The lowest BCUT2D eigenvalue weighted by Crippen LogP contribution is -2.70. The van der Waals surface area contributed by atoms with Gasteiger partial charge in [0.15, 0.2) is 0 Å². The molecule has 1 aliphatic heterocycles. The van der Waals surface area contributed by atoms with Crippen molar-refractivity contribution < 1.29 is 47.9 Å². The van der Waals surface area contributed by atoms with Gasteiger partial charge in [-0.05, 0) is 113 Å². The van der Waals surface area contributed by atoms with Gasteiger partial charge in [-0.1, -0.05) is 145 Å². The molecule has 75 heavy (non-hydrogen) atoms. The van der Waals surface area contributed by atoms with Crippen molar-refractivity contribution in [2.75, 3.05) is 33.0 Å². The number of aliphatic hydroxyl groups is 2. The summed E-state index contributed by atoms with van der Waals surface area (Å²) in [4.78, 5) is 23.0. The number of amides is 1. The van der Waals surface area contributed by atoms with Gasteiger partial charge in [-0.2, -0.15) is 0 Å². The first kappa shape index (κ1) is 52.8. The predicted octanol–water partition coefficient (Wildman–Crippen LogP) is 13.0. The van der Waals surface area contributed by atoms with E-state index in [1.807, 2.05) is 115 Å². The Labute approximate surface area is 439 Å². The molecule has 1 heterocycles. The second kappa shape index (κ2) is 25.9. The lowest BCUT2D eigenvalue weighted by molar-refractivity contribution is -0.256. The van der Waals surface area contributed by atoms with Gasteiger partial charge in [-0.25, -0.2) is 9.18 Å². The molecule has 1 amide bonds. The molecule has 3 aliphatic rings. The monoisotopic (exact) mass is 1010 g/mol. The fourth-order valence-electron chi connectivity index (χ4n) is 11.1. The number of benzene rings is 6. The van der Waals surface area contributed by atoms with Crippen molar-refractivity contribution in [1.82, 2.24) is 4.90 Å². The topological polar surface area (TPSA) is 129 Å². The van der Waals surface area contributed by atoms with E-state index >= 15 is 4.79 Å². The van der Waals surface area contributed by atoms with Gasteiger partial charge in [0, 0.05) is 37.7 Å². The van der Waals surface area contributed by atoms with E-state index in [1.165, 1.54) is 12.1 Å². The molecular formula is C63H67FN2O9. The van der Waals surface area contributed by atoms with Gasteiger partial charge in [0.1, 0.15) is 42.3 Å². The molecule has 2 aliphatic carbocycles. The molecule has 12 heteroatoms. The van der Waals surface area contributed by atoms with Gasteiger partial charge in [0.05, 0.1) is 31.5 Å². The third-order valence-corrected chi connectivity index (χ3v) is 14.5. The Hall–Kier alpha value is -7.09. The second-order valence-corrected chi connectivity index (χ2v) is 19.4. The van der Waals surface area contributed by atoms with E-state index in [-0.39, 0.29) is 70.4 Å². The fraction of sp³-hybridized carbons (Fsp3) is 0.333. The summed E-state index contributed by atoms with van der Waals surface area (Å²) in [6.45, 7) is 4.95. The van der Waals surface area contributed by atoms with E-state index < -0.39 is 29.7 Å². The van der Waals surface area contributed by atoms with Gasteiger partial charge in [-0.3, -0.25) is 4.90 Å². The lowest BCUT2D eigenvalue weighted by atomic mass is 9.55. The number of nitrogens with zero attached hydrogens (tertiary/aromatic N) is 2. The molecule has 0 aromatic heterocycles. The number of carbonyl (C=O) groups excluding carboxylic acids is 1. The Bertz CT molecular complexity index is 2830. The highest BCUT2D eigenvalue weighted by atomic mass is 19.1. The molecule has 1 fully saturated rings. The molecule has 0 bridgehead atoms. The van der Waals surface area contributed by atoms with Crippen molar-refractivity contribution >= 4 is 11.8 Å². The third kappa shape index (κ3) is 12.9. The van der Waals surface area contributed by atoms with Crippen LogP contribution in [0, 0.1) is 23.6 Å². The predicted molar refractivity (Wildman–Crippen MR) is 288 cm³/mol. The molecule has 6 atom stereocenters. The molecule has 6 aromatic rings. The molecule has 390 valence electrons. The highest BCUT2D eigenvalue weighted by Crippen LogP contribution is 2.62. The molecule has 0 unspecified atom stereocenters. The molecular weight excluding hydrogens is 948 g/mol. The van der Waals surface area contributed by atoms with E-state index in [4.69, 9.17) is 33.7 Å². The quantitative estimate of drug-likeness (QED) is 0.0327. The number of allylic oxidation sites excluding steroid dienone is 1. The standard InChI is InChI=1S/C63H67FN2O9/c1-2-36-72-63-59(66(42-45-24-28-51(64)29-25-45)62(69)71-38-37-70-43-46-16-6-3-7-17-46)41-57(65-73-44-47-18-8-4-9-19-47)55-39-50(22-12-14-34-67)54(23-13-15-35-68)60(61(55)63)56-40-53(32-33-58(56)75-63)74-52-30-26-49(27-31-52)48-20-10-5-11-21-48/h2-11,16-21,24-33,39-40,50,54,59-61,67-68H,1,12-15,22-23,34-38,41-44H2/t50-,54+,59-,60+,61+,63+/m0/s1. The third-order valence-electron chi connectivity index (χ3n) is 14.5. The molecule has 0 saturated heterocycles. The van der Waals surface area contributed by atoms with Crippen LogP contribution in [0.15, 0.2) is 187 Å². The summed E-state index contributed by atoms with van der Waals surface area (Å²) in [7, 11) is 0. The maximum absolute atomic E-state index is 15.1. The van der Waals surface area contributed by atoms with Gasteiger partial charge in [0.25, 0.3) is 0 Å². The number of ether oxygens (including phenoxy) is 5. The second-order valence-electron chi connectivity index (χ2n) is 19.4. The normalized spacial score (nSPS) is 21.0. The number of rotatable bonds is 25. The zero-order valence-electron chi connectivity index (χ0n) is 42.4. The minimum Gasteiger partial charge on any atom is -0.459 e. The van der Waals surface area contributed by atoms with Gasteiger partial charge >= 0.3 is 6.09 Å². The minimum absolute atomic E-state index is 0.0108. The van der Waals surface area contributed by atoms with Crippen molar-refractivity contribution in [2.24, 2.45) is 22.9 Å². The van der Waals surface area contributed by atoms with Gasteiger partial charge in [0.2, 0.25) is 5.79 Å². The maximum Gasteiger partial charge on any atom is 0.410 e. The number of oxime groups is 1. The average Bonchev–Trinajstić information content (AvgIpc) is 3.45. The molecule has 2 N–H and O–H groups in total. The van der Waals surface area contributed by atoms with Crippen molar-refractivity contribution in [3.63, 3.8) is 0 Å². The summed E-state index contributed by atoms with van der Waals surface area (Å²) in [6, 6.07) is 48.9. The van der Waals surface area contributed by atoms with Crippen LogP contribution in [0.1, 0.15) is 73.1 Å². The molecule has 1 saturated carbocycles. The Morgan fingerprint density at radius 2 is 1.40 bits per heavy atom. The van der Waals surface area contributed by atoms with E-state index in [2.05, 4.69) is 30.9 Å². The van der Waals surface area contributed by atoms with Crippen molar-refractivity contribution in [3.8, 4) is 28.4 Å². The van der Waals surface area contributed by atoms with Gasteiger partial charge < -0.3 is 38.7 Å². The van der Waals surface area contributed by atoms with E-state index in [0.29, 0.717) is 48.0 Å². The Balaban J connectivity index is 1.17. The molecule has 0 radical (unpaired) electrons. The summed E-state index contributed by atoms with van der Waals surface area (Å²) >= 11 is 0. The lowest BCUT2D eigenvalue weighted by Gasteiger charge is -2.59. The van der Waals surface area contributed by atoms with Crippen LogP contribution in [0.4, 0.5) is 9.18 Å². The Kier molecular flexibility index (Phi) is 18.2. The summed E-state index contributed by atoms with van der Waals surface area (Å²) in [5.41, 5.74) is 7.20. The fourth-order valence-corrected chi connectivity index (χ4v) is 11.1. The van der Waals surface area contributed by atoms with Crippen molar-refractivity contribution in [3.05, 3.63) is 210 Å². The number of carbonyl (C=O) groups is 1. The molecule has 11 nitrogen and oxygen atoms in total. The molecule has 6 aromatic carbocycles. The highest BCUT2D eigenvalue weighted by Gasteiger charge is 2.65. The van der Waals surface area contributed by atoms with Crippen LogP contribution in [0.3, 0.4) is 0 Å². The van der Waals surface area contributed by atoms with Gasteiger partial charge in [-0.15, -0.1) is 6.58 Å². The molecule has 0 spiro atoms. The van der Waals surface area contributed by atoms with E-state index in [0.717, 1.165) is 59.1 Å². The largest absolute Gasteiger partial charge is 0.459 e. The summed E-state index contributed by atoms with van der Waals surface area (Å²) in [6.07, 6.45) is 7.83.